The van der Waals surface area contributed by atoms with Crippen LogP contribution in [0.3, 0.4) is 0 Å². The Hall–Kier alpha value is -2.06. The van der Waals surface area contributed by atoms with E-state index in [0.29, 0.717) is 28.3 Å². The Morgan fingerprint density at radius 1 is 1.20 bits per heavy atom. The molecule has 6 nitrogen and oxygen atoms in total. The van der Waals surface area contributed by atoms with Crippen molar-refractivity contribution in [2.75, 3.05) is 24.6 Å². The zero-order valence-corrected chi connectivity index (χ0v) is 19.1. The van der Waals surface area contributed by atoms with Gasteiger partial charge in [-0.2, -0.15) is 0 Å². The van der Waals surface area contributed by atoms with Crippen molar-refractivity contribution >= 4 is 49.9 Å². The van der Waals surface area contributed by atoms with Crippen LogP contribution in [0.4, 0.5) is 5.69 Å². The van der Waals surface area contributed by atoms with Gasteiger partial charge < -0.3 is 9.32 Å². The van der Waals surface area contributed by atoms with Crippen molar-refractivity contribution in [2.24, 2.45) is 0 Å². The summed E-state index contributed by atoms with van der Waals surface area (Å²) >= 11 is 12.6. The van der Waals surface area contributed by atoms with Crippen LogP contribution in [0.5, 0.6) is 0 Å². The minimum atomic E-state index is -3.49. The molecule has 0 amide bonds. The standard InChI is InChI=1S/C21H21Cl2N2O4S/c1-4-30(27,28)24-18-7-5-6-13(20(18)23)10-16-17(12-25(2)3)15-11-14(22)8-9-19(15)29-21(16)26/h5-7,9,11,24H,4,10,12H2,1-3H3. The predicted molar refractivity (Wildman–Crippen MR) is 121 cm³/mol. The second kappa shape index (κ2) is 8.98. The molecule has 30 heavy (non-hydrogen) atoms. The lowest BCUT2D eigenvalue weighted by molar-refractivity contribution is 0.400. The zero-order valence-electron chi connectivity index (χ0n) is 16.8. The number of hydrogen-bond donors (Lipinski definition) is 1. The van der Waals surface area contributed by atoms with Crippen molar-refractivity contribution in [3.63, 3.8) is 0 Å². The molecule has 2 aromatic carbocycles. The Balaban J connectivity index is 2.14. The van der Waals surface area contributed by atoms with Gasteiger partial charge in [0, 0.05) is 35.0 Å². The molecule has 159 valence electrons. The van der Waals surface area contributed by atoms with Gasteiger partial charge >= 0.3 is 5.63 Å². The Labute approximate surface area is 185 Å². The minimum Gasteiger partial charge on any atom is -0.422 e. The maximum absolute atomic E-state index is 12.8. The third-order valence-corrected chi connectivity index (χ3v) is 6.54. The van der Waals surface area contributed by atoms with Gasteiger partial charge in [-0.3, -0.25) is 4.72 Å². The first-order valence-corrected chi connectivity index (χ1v) is 11.6. The van der Waals surface area contributed by atoms with Gasteiger partial charge in [-0.1, -0.05) is 35.3 Å². The van der Waals surface area contributed by atoms with E-state index in [2.05, 4.69) is 10.8 Å². The molecule has 0 spiro atoms. The fourth-order valence-corrected chi connectivity index (χ4v) is 4.23. The van der Waals surface area contributed by atoms with E-state index in [-0.39, 0.29) is 22.9 Å². The monoisotopic (exact) mass is 467 g/mol. The Morgan fingerprint density at radius 2 is 1.93 bits per heavy atom. The quantitative estimate of drug-likeness (QED) is 0.523. The molecule has 1 N–H and O–H groups in total. The molecular formula is C21H21Cl2N2O4S. The van der Waals surface area contributed by atoms with Crippen molar-refractivity contribution in [2.45, 2.75) is 19.9 Å². The first-order chi connectivity index (χ1) is 14.1. The fourth-order valence-electron chi connectivity index (χ4n) is 3.12. The largest absolute Gasteiger partial charge is 0.422 e. The van der Waals surface area contributed by atoms with Gasteiger partial charge in [0.2, 0.25) is 10.0 Å². The first-order valence-electron chi connectivity index (χ1n) is 9.19. The highest BCUT2D eigenvalue weighted by Crippen LogP contribution is 2.31. The van der Waals surface area contributed by atoms with E-state index in [1.165, 1.54) is 6.92 Å². The van der Waals surface area contributed by atoms with E-state index in [4.69, 9.17) is 27.6 Å². The average molecular weight is 468 g/mol. The van der Waals surface area contributed by atoms with Crippen LogP contribution in [0.1, 0.15) is 23.6 Å². The molecule has 0 aliphatic heterocycles. The number of fused-ring (bicyclic) bond motifs is 1. The van der Waals surface area contributed by atoms with Crippen LogP contribution in [0.15, 0.2) is 39.5 Å². The van der Waals surface area contributed by atoms with Crippen LogP contribution < -0.4 is 10.3 Å². The molecule has 0 atom stereocenters. The van der Waals surface area contributed by atoms with Crippen LogP contribution in [0.2, 0.25) is 10.0 Å². The molecule has 0 fully saturated rings. The molecule has 0 saturated heterocycles. The smallest absolute Gasteiger partial charge is 0.340 e. The minimum absolute atomic E-state index is 0.0768. The summed E-state index contributed by atoms with van der Waals surface area (Å²) in [5.41, 5.74) is 2.01. The molecule has 1 aromatic heterocycles. The third kappa shape index (κ3) is 4.98. The third-order valence-electron chi connectivity index (χ3n) is 4.58. The molecule has 0 saturated carbocycles. The summed E-state index contributed by atoms with van der Waals surface area (Å²) in [6, 6.07) is 11.1. The Kier molecular flexibility index (Phi) is 6.77. The lowest BCUT2D eigenvalue weighted by atomic mass is 9.98. The topological polar surface area (TPSA) is 79.6 Å². The number of nitrogens with one attached hydrogen (secondary N) is 1. The summed E-state index contributed by atoms with van der Waals surface area (Å²) in [6.07, 6.45) is 0.179. The molecular weight excluding hydrogens is 447 g/mol. The summed E-state index contributed by atoms with van der Waals surface area (Å²) in [5, 5.41) is 1.38. The van der Waals surface area contributed by atoms with Gasteiger partial charge in [0.05, 0.1) is 16.5 Å². The van der Waals surface area contributed by atoms with Gasteiger partial charge in [0.1, 0.15) is 5.58 Å². The van der Waals surface area contributed by atoms with E-state index in [1.807, 2.05) is 19.0 Å². The van der Waals surface area contributed by atoms with Crippen LogP contribution >= 0.6 is 23.2 Å². The van der Waals surface area contributed by atoms with Gasteiger partial charge in [0.15, 0.2) is 0 Å². The summed E-state index contributed by atoms with van der Waals surface area (Å²) < 4.78 is 31.8. The van der Waals surface area contributed by atoms with Crippen LogP contribution in [0.25, 0.3) is 11.0 Å². The highest BCUT2D eigenvalue weighted by Gasteiger charge is 2.19. The van der Waals surface area contributed by atoms with Crippen LogP contribution in [0, 0.1) is 6.07 Å². The average Bonchev–Trinajstić information content (AvgIpc) is 2.67. The number of benzene rings is 2. The molecule has 1 radical (unpaired) electrons. The van der Waals surface area contributed by atoms with Crippen molar-refractivity contribution in [3.05, 3.63) is 73.6 Å². The lowest BCUT2D eigenvalue weighted by Gasteiger charge is -2.17. The van der Waals surface area contributed by atoms with Crippen molar-refractivity contribution in [3.8, 4) is 0 Å². The molecule has 9 heteroatoms. The number of rotatable bonds is 7. The summed E-state index contributed by atoms with van der Waals surface area (Å²) in [6.45, 7) is 2.02. The Morgan fingerprint density at radius 3 is 2.60 bits per heavy atom. The van der Waals surface area contributed by atoms with Gasteiger partial charge in [0.25, 0.3) is 0 Å². The maximum atomic E-state index is 12.8. The summed E-state index contributed by atoms with van der Waals surface area (Å²) in [7, 11) is 0.304. The molecule has 0 bridgehead atoms. The number of nitrogens with zero attached hydrogens (tertiary/aromatic N) is 1. The van der Waals surface area contributed by atoms with E-state index in [9.17, 15) is 13.2 Å². The Bertz CT molecular complexity index is 1250. The number of sulfonamides is 1. The van der Waals surface area contributed by atoms with Gasteiger partial charge in [-0.05, 0) is 50.3 Å². The van der Waals surface area contributed by atoms with Gasteiger partial charge in [-0.15, -0.1) is 0 Å². The van der Waals surface area contributed by atoms with Gasteiger partial charge in [-0.25, -0.2) is 13.2 Å². The van der Waals surface area contributed by atoms with Crippen LogP contribution in [-0.4, -0.2) is 33.2 Å². The highest BCUT2D eigenvalue weighted by atomic mass is 35.5. The maximum Gasteiger partial charge on any atom is 0.340 e. The molecule has 1 heterocycles. The zero-order chi connectivity index (χ0) is 22.1. The molecule has 0 aliphatic rings. The van der Waals surface area contributed by atoms with Crippen molar-refractivity contribution in [1.29, 1.82) is 0 Å². The summed E-state index contributed by atoms with van der Waals surface area (Å²) in [5.74, 6) is -0.0768. The normalized spacial score (nSPS) is 11.9. The SMILES string of the molecule is CCS(=O)(=O)Nc1cccc(Cc2c(CN(C)C)c3cc(Cl)[c]cc3oc2=O)c1Cl. The van der Waals surface area contributed by atoms with E-state index < -0.39 is 15.6 Å². The van der Waals surface area contributed by atoms with Crippen LogP contribution in [-0.2, 0) is 23.0 Å². The fraction of sp³-hybridized carbons (Fsp3) is 0.286. The van der Waals surface area contributed by atoms with Crippen molar-refractivity contribution < 1.29 is 12.8 Å². The lowest BCUT2D eigenvalue weighted by Crippen LogP contribution is -2.19. The number of hydrogen-bond acceptors (Lipinski definition) is 5. The predicted octanol–water partition coefficient (Wildman–Crippen LogP) is 4.31. The first kappa shape index (κ1) is 22.6. The highest BCUT2D eigenvalue weighted by molar-refractivity contribution is 7.92. The molecule has 3 rings (SSSR count). The summed E-state index contributed by atoms with van der Waals surface area (Å²) in [4.78, 5) is 14.7. The second-order valence-corrected chi connectivity index (χ2v) is 9.90. The molecule has 0 aliphatic carbocycles. The number of anilines is 1. The second-order valence-electron chi connectivity index (χ2n) is 7.10. The number of halogens is 2. The van der Waals surface area contributed by atoms with E-state index >= 15 is 0 Å². The molecule has 3 aromatic rings. The van der Waals surface area contributed by atoms with E-state index in [0.717, 1.165) is 10.9 Å². The van der Waals surface area contributed by atoms with Crippen molar-refractivity contribution in [1.82, 2.24) is 4.90 Å². The molecule has 0 unspecified atom stereocenters. The van der Waals surface area contributed by atoms with E-state index in [1.54, 1.807) is 30.3 Å².